The molecule has 2 fully saturated rings. The average molecular weight is 212 g/mol. The fourth-order valence-electron chi connectivity index (χ4n) is 2.10. The number of hydrogen-bond acceptors (Lipinski definition) is 3. The first-order valence-corrected chi connectivity index (χ1v) is 5.79. The van der Waals surface area contributed by atoms with Crippen LogP contribution in [0, 0.1) is 0 Å². The number of nitrogens with one attached hydrogen (secondary N) is 2. The molecule has 5 heteroatoms. The molecule has 15 heavy (non-hydrogen) atoms. The SMILES string of the molecule is CCN(CCN1CCNC1=O)C1CNC1. The van der Waals surface area contributed by atoms with Crippen LogP contribution in [-0.4, -0.2) is 67.7 Å². The summed E-state index contributed by atoms with van der Waals surface area (Å²) in [5.41, 5.74) is 0. The molecule has 0 radical (unpaired) electrons. The van der Waals surface area contributed by atoms with Gasteiger partial charge in [-0.25, -0.2) is 4.79 Å². The predicted octanol–water partition coefficient (Wildman–Crippen LogP) is -0.695. The molecule has 0 aromatic carbocycles. The number of carbonyl (C=O) groups is 1. The van der Waals surface area contributed by atoms with Crippen LogP contribution in [0.2, 0.25) is 0 Å². The molecule has 0 aromatic heterocycles. The van der Waals surface area contributed by atoms with Crippen molar-refractivity contribution >= 4 is 6.03 Å². The van der Waals surface area contributed by atoms with Gasteiger partial charge in [0.15, 0.2) is 0 Å². The summed E-state index contributed by atoms with van der Waals surface area (Å²) in [6.07, 6.45) is 0. The van der Waals surface area contributed by atoms with Crippen LogP contribution in [0.4, 0.5) is 4.79 Å². The number of hydrogen-bond donors (Lipinski definition) is 2. The Labute approximate surface area is 90.8 Å². The highest BCUT2D eigenvalue weighted by molar-refractivity contribution is 5.76. The van der Waals surface area contributed by atoms with Gasteiger partial charge in [-0.1, -0.05) is 6.92 Å². The van der Waals surface area contributed by atoms with E-state index in [2.05, 4.69) is 22.5 Å². The topological polar surface area (TPSA) is 47.6 Å². The zero-order chi connectivity index (χ0) is 10.7. The van der Waals surface area contributed by atoms with E-state index >= 15 is 0 Å². The quantitative estimate of drug-likeness (QED) is 0.634. The molecule has 2 amide bonds. The smallest absolute Gasteiger partial charge is 0.317 e. The molecule has 2 rings (SSSR count). The van der Waals surface area contributed by atoms with Crippen LogP contribution in [0.3, 0.4) is 0 Å². The zero-order valence-corrected chi connectivity index (χ0v) is 9.33. The van der Waals surface area contributed by atoms with Gasteiger partial charge in [0.05, 0.1) is 0 Å². The van der Waals surface area contributed by atoms with Gasteiger partial charge in [-0.05, 0) is 6.54 Å². The molecule has 0 aliphatic carbocycles. The minimum absolute atomic E-state index is 0.0952. The Morgan fingerprint density at radius 1 is 1.53 bits per heavy atom. The van der Waals surface area contributed by atoms with Gasteiger partial charge < -0.3 is 15.5 Å². The predicted molar refractivity (Wildman–Crippen MR) is 58.9 cm³/mol. The van der Waals surface area contributed by atoms with Crippen molar-refractivity contribution in [2.24, 2.45) is 0 Å². The van der Waals surface area contributed by atoms with Crippen molar-refractivity contribution in [3.8, 4) is 0 Å². The third kappa shape index (κ3) is 2.41. The highest BCUT2D eigenvalue weighted by Crippen LogP contribution is 2.05. The Hall–Kier alpha value is -0.810. The van der Waals surface area contributed by atoms with E-state index in [-0.39, 0.29) is 6.03 Å². The fourth-order valence-corrected chi connectivity index (χ4v) is 2.10. The van der Waals surface area contributed by atoms with Crippen molar-refractivity contribution < 1.29 is 4.79 Å². The van der Waals surface area contributed by atoms with Crippen molar-refractivity contribution in [1.29, 1.82) is 0 Å². The standard InChI is InChI=1S/C10H20N4O/c1-2-13(9-7-11-8-9)5-6-14-4-3-12-10(14)15/h9,11H,2-8H2,1H3,(H,12,15). The second kappa shape index (κ2) is 4.81. The lowest BCUT2D eigenvalue weighted by Crippen LogP contribution is -2.58. The molecule has 0 saturated carbocycles. The van der Waals surface area contributed by atoms with E-state index < -0.39 is 0 Å². The molecule has 2 aliphatic rings. The summed E-state index contributed by atoms with van der Waals surface area (Å²) in [5.74, 6) is 0. The first-order chi connectivity index (χ1) is 7.31. The van der Waals surface area contributed by atoms with Crippen molar-refractivity contribution in [3.05, 3.63) is 0 Å². The average Bonchev–Trinajstić information content (AvgIpc) is 2.55. The molecule has 0 aromatic rings. The maximum atomic E-state index is 11.3. The number of amides is 2. The lowest BCUT2D eigenvalue weighted by Gasteiger charge is -2.38. The highest BCUT2D eigenvalue weighted by Gasteiger charge is 2.25. The van der Waals surface area contributed by atoms with Crippen molar-refractivity contribution in [2.75, 3.05) is 45.8 Å². The van der Waals surface area contributed by atoms with E-state index in [0.717, 1.165) is 45.8 Å². The van der Waals surface area contributed by atoms with Crippen LogP contribution in [0.15, 0.2) is 0 Å². The van der Waals surface area contributed by atoms with E-state index in [1.807, 2.05) is 4.90 Å². The Balaban J connectivity index is 1.72. The number of carbonyl (C=O) groups excluding carboxylic acids is 1. The van der Waals surface area contributed by atoms with Crippen LogP contribution in [0.5, 0.6) is 0 Å². The van der Waals surface area contributed by atoms with Crippen LogP contribution < -0.4 is 10.6 Å². The molecule has 0 spiro atoms. The van der Waals surface area contributed by atoms with Crippen LogP contribution in [0.1, 0.15) is 6.92 Å². The first kappa shape index (κ1) is 10.7. The number of nitrogens with zero attached hydrogens (tertiary/aromatic N) is 2. The molecule has 2 heterocycles. The van der Waals surface area contributed by atoms with Gasteiger partial charge in [-0.15, -0.1) is 0 Å². The second-order valence-electron chi connectivity index (χ2n) is 4.16. The maximum absolute atomic E-state index is 11.3. The number of rotatable bonds is 5. The lowest BCUT2D eigenvalue weighted by molar-refractivity contribution is 0.138. The van der Waals surface area contributed by atoms with Crippen molar-refractivity contribution in [3.63, 3.8) is 0 Å². The summed E-state index contributed by atoms with van der Waals surface area (Å²) in [6, 6.07) is 0.776. The summed E-state index contributed by atoms with van der Waals surface area (Å²) in [6.45, 7) is 8.96. The van der Waals surface area contributed by atoms with Gasteiger partial charge in [-0.3, -0.25) is 4.90 Å². The number of urea groups is 1. The van der Waals surface area contributed by atoms with Crippen molar-refractivity contribution in [2.45, 2.75) is 13.0 Å². The minimum Gasteiger partial charge on any atom is -0.336 e. The largest absolute Gasteiger partial charge is 0.336 e. The molecule has 0 bridgehead atoms. The van der Waals surface area contributed by atoms with Gasteiger partial charge in [0.25, 0.3) is 0 Å². The molecule has 5 nitrogen and oxygen atoms in total. The summed E-state index contributed by atoms with van der Waals surface area (Å²) in [5, 5.41) is 6.10. The Morgan fingerprint density at radius 3 is 2.80 bits per heavy atom. The zero-order valence-electron chi connectivity index (χ0n) is 9.33. The van der Waals surface area contributed by atoms with Gasteiger partial charge in [0.2, 0.25) is 0 Å². The van der Waals surface area contributed by atoms with E-state index in [4.69, 9.17) is 0 Å². The maximum Gasteiger partial charge on any atom is 0.317 e. The van der Waals surface area contributed by atoms with Gasteiger partial charge in [0, 0.05) is 45.3 Å². The molecule has 0 atom stereocenters. The van der Waals surface area contributed by atoms with Crippen LogP contribution >= 0.6 is 0 Å². The normalized spacial score (nSPS) is 22.0. The molecule has 2 aliphatic heterocycles. The highest BCUT2D eigenvalue weighted by atomic mass is 16.2. The summed E-state index contributed by atoms with van der Waals surface area (Å²) in [7, 11) is 0. The molecule has 2 N–H and O–H groups in total. The Bertz CT molecular complexity index is 229. The molecule has 86 valence electrons. The second-order valence-corrected chi connectivity index (χ2v) is 4.16. The van der Waals surface area contributed by atoms with Crippen LogP contribution in [-0.2, 0) is 0 Å². The third-order valence-electron chi connectivity index (χ3n) is 3.28. The molecule has 2 saturated heterocycles. The monoisotopic (exact) mass is 212 g/mol. The van der Waals surface area contributed by atoms with Gasteiger partial charge >= 0.3 is 6.03 Å². The number of likely N-dealkylation sites (N-methyl/N-ethyl adjacent to an activating group) is 1. The van der Waals surface area contributed by atoms with E-state index in [9.17, 15) is 4.79 Å². The lowest BCUT2D eigenvalue weighted by atomic mass is 10.1. The third-order valence-corrected chi connectivity index (χ3v) is 3.28. The van der Waals surface area contributed by atoms with E-state index in [0.29, 0.717) is 6.04 Å². The molecule has 0 unspecified atom stereocenters. The summed E-state index contributed by atoms with van der Waals surface area (Å²) in [4.78, 5) is 15.7. The Morgan fingerprint density at radius 2 is 2.33 bits per heavy atom. The van der Waals surface area contributed by atoms with Gasteiger partial charge in [0.1, 0.15) is 0 Å². The summed E-state index contributed by atoms with van der Waals surface area (Å²) < 4.78 is 0. The van der Waals surface area contributed by atoms with Crippen molar-refractivity contribution in [1.82, 2.24) is 20.4 Å². The fraction of sp³-hybridized carbons (Fsp3) is 0.900. The summed E-state index contributed by atoms with van der Waals surface area (Å²) >= 11 is 0. The van der Waals surface area contributed by atoms with Crippen LogP contribution in [0.25, 0.3) is 0 Å². The molecular formula is C10H20N4O. The molecular weight excluding hydrogens is 192 g/mol. The van der Waals surface area contributed by atoms with E-state index in [1.165, 1.54) is 0 Å². The minimum atomic E-state index is 0.0952. The van der Waals surface area contributed by atoms with E-state index in [1.54, 1.807) is 0 Å². The Kier molecular flexibility index (Phi) is 3.43. The first-order valence-electron chi connectivity index (χ1n) is 5.79. The van der Waals surface area contributed by atoms with Gasteiger partial charge in [-0.2, -0.15) is 0 Å².